The fraction of sp³-hybridized carbons (Fsp3) is 0.800. The summed E-state index contributed by atoms with van der Waals surface area (Å²) in [4.78, 5) is 1.93. The molecule has 2 radical (unpaired) electrons. The molecule has 0 fully saturated rings. The van der Waals surface area contributed by atoms with Gasteiger partial charge in [-0.25, -0.2) is 0 Å². The quantitative estimate of drug-likeness (QED) is 0.408. The van der Waals surface area contributed by atoms with E-state index in [1.165, 1.54) is 0 Å². The van der Waals surface area contributed by atoms with E-state index in [1.54, 1.807) is 0 Å². The van der Waals surface area contributed by atoms with Gasteiger partial charge in [0, 0.05) is 46.3 Å². The molecule has 0 aliphatic rings. The van der Waals surface area contributed by atoms with Crippen LogP contribution in [0.2, 0.25) is 0 Å². The van der Waals surface area contributed by atoms with E-state index in [0.29, 0.717) is 0 Å². The molecule has 0 saturated carbocycles. The third-order valence-corrected chi connectivity index (χ3v) is 1.80. The minimum atomic E-state index is 0.801. The normalized spacial score (nSPS) is 11.1. The lowest BCUT2D eigenvalue weighted by molar-refractivity contribution is 0.435. The lowest BCUT2D eigenvalue weighted by Gasteiger charge is -2.10. The molecule has 84 valence electrons. The number of hydrogen-bond acceptors (Lipinski definition) is 4. The van der Waals surface area contributed by atoms with Crippen LogP contribution in [0.25, 0.3) is 0 Å². The van der Waals surface area contributed by atoms with Gasteiger partial charge in [0.15, 0.2) is 0 Å². The number of rotatable bonds is 10. The van der Waals surface area contributed by atoms with Crippen molar-refractivity contribution in [3.8, 4) is 0 Å². The molecule has 4 nitrogen and oxygen atoms in total. The van der Waals surface area contributed by atoms with Gasteiger partial charge in [0.25, 0.3) is 0 Å². The Morgan fingerprint density at radius 1 is 0.929 bits per heavy atom. The summed E-state index contributed by atoms with van der Waals surface area (Å²) in [7, 11) is 5.75. The van der Waals surface area contributed by atoms with Crippen molar-refractivity contribution in [2.24, 2.45) is 0 Å². The van der Waals surface area contributed by atoms with Gasteiger partial charge < -0.3 is 20.9 Å². The molecule has 14 heavy (non-hydrogen) atoms. The Morgan fingerprint density at radius 2 is 1.43 bits per heavy atom. The Bertz CT molecular complexity index is 106. The molecule has 0 aromatic carbocycles. The van der Waals surface area contributed by atoms with Gasteiger partial charge >= 0.3 is 0 Å². The number of hydrogen-bond donors (Lipinski definition) is 3. The highest BCUT2D eigenvalue weighted by Crippen LogP contribution is 1.72. The average Bonchev–Trinajstić information content (AvgIpc) is 2.15. The van der Waals surface area contributed by atoms with Crippen molar-refractivity contribution in [1.29, 1.82) is 0 Å². The predicted octanol–water partition coefficient (Wildman–Crippen LogP) is -0.687. The first-order chi connectivity index (χ1) is 6.77. The standard InChI is InChI=1S/C10H24N4/c1-4-11-5-6-12-7-8-13-9-10-14(2)3/h11-13H,1-2,4-10H2,3H3. The van der Waals surface area contributed by atoms with Crippen molar-refractivity contribution < 1.29 is 0 Å². The molecular weight excluding hydrogens is 176 g/mol. The van der Waals surface area contributed by atoms with Gasteiger partial charge in [0.1, 0.15) is 0 Å². The van der Waals surface area contributed by atoms with E-state index < -0.39 is 0 Å². The molecule has 0 atom stereocenters. The van der Waals surface area contributed by atoms with Crippen LogP contribution in [0.15, 0.2) is 0 Å². The zero-order chi connectivity index (χ0) is 10.6. The molecule has 0 aliphatic heterocycles. The maximum atomic E-state index is 3.77. The second kappa shape index (κ2) is 10.9. The minimum absolute atomic E-state index is 0.801. The predicted molar refractivity (Wildman–Crippen MR) is 62.0 cm³/mol. The first kappa shape index (κ1) is 13.8. The van der Waals surface area contributed by atoms with Gasteiger partial charge in [-0.05, 0) is 20.5 Å². The highest BCUT2D eigenvalue weighted by Gasteiger charge is 1.90. The highest BCUT2D eigenvalue weighted by atomic mass is 15.1. The summed E-state index contributed by atoms with van der Waals surface area (Å²) in [5.41, 5.74) is 0. The molecule has 0 spiro atoms. The van der Waals surface area contributed by atoms with E-state index in [2.05, 4.69) is 29.9 Å². The van der Waals surface area contributed by atoms with Crippen molar-refractivity contribution in [3.05, 3.63) is 14.0 Å². The SMILES string of the molecule is [CH2]CNCCNCCNCCN([CH2])C. The second-order valence-electron chi connectivity index (χ2n) is 3.33. The van der Waals surface area contributed by atoms with Crippen LogP contribution in [-0.2, 0) is 0 Å². The smallest absolute Gasteiger partial charge is 0.0107 e. The second-order valence-corrected chi connectivity index (χ2v) is 3.33. The zero-order valence-corrected chi connectivity index (χ0v) is 9.31. The summed E-state index contributed by atoms with van der Waals surface area (Å²) >= 11 is 0. The number of likely N-dealkylation sites (N-methyl/N-ethyl adjacent to an activating group) is 1. The summed E-state index contributed by atoms with van der Waals surface area (Å²) in [5, 5.41) is 9.81. The monoisotopic (exact) mass is 200 g/mol. The Kier molecular flexibility index (Phi) is 10.8. The van der Waals surface area contributed by atoms with Crippen molar-refractivity contribution in [3.63, 3.8) is 0 Å². The summed E-state index contributed by atoms with van der Waals surface area (Å²) in [6.07, 6.45) is 0. The van der Waals surface area contributed by atoms with Crippen LogP contribution in [-0.4, -0.2) is 57.8 Å². The Morgan fingerprint density at radius 3 is 1.93 bits per heavy atom. The Hall–Kier alpha value is -0.160. The third kappa shape index (κ3) is 11.8. The molecular formula is C10H24N4. The van der Waals surface area contributed by atoms with E-state index in [1.807, 2.05) is 11.9 Å². The van der Waals surface area contributed by atoms with E-state index >= 15 is 0 Å². The Labute approximate surface area is 88.4 Å². The van der Waals surface area contributed by atoms with Crippen LogP contribution in [0.1, 0.15) is 0 Å². The van der Waals surface area contributed by atoms with Crippen LogP contribution < -0.4 is 16.0 Å². The van der Waals surface area contributed by atoms with Crippen molar-refractivity contribution >= 4 is 0 Å². The van der Waals surface area contributed by atoms with Crippen molar-refractivity contribution in [1.82, 2.24) is 20.9 Å². The van der Waals surface area contributed by atoms with E-state index in [9.17, 15) is 0 Å². The van der Waals surface area contributed by atoms with Crippen molar-refractivity contribution in [2.45, 2.75) is 0 Å². The van der Waals surface area contributed by atoms with Crippen molar-refractivity contribution in [2.75, 3.05) is 52.9 Å². The lowest BCUT2D eigenvalue weighted by Crippen LogP contribution is -2.34. The molecule has 0 saturated heterocycles. The fourth-order valence-electron chi connectivity index (χ4n) is 0.998. The lowest BCUT2D eigenvalue weighted by atomic mass is 10.5. The maximum Gasteiger partial charge on any atom is 0.0107 e. The van der Waals surface area contributed by atoms with E-state index in [4.69, 9.17) is 0 Å². The molecule has 4 heteroatoms. The third-order valence-electron chi connectivity index (χ3n) is 1.80. The van der Waals surface area contributed by atoms with Crippen LogP contribution in [0.4, 0.5) is 0 Å². The molecule has 0 bridgehead atoms. The molecule has 0 aromatic rings. The average molecular weight is 200 g/mol. The maximum absolute atomic E-state index is 3.77. The first-order valence-electron chi connectivity index (χ1n) is 5.20. The molecule has 0 aromatic heterocycles. The number of nitrogens with zero attached hydrogens (tertiary/aromatic N) is 1. The molecule has 0 rings (SSSR count). The van der Waals surface area contributed by atoms with Crippen LogP contribution in [0, 0.1) is 14.0 Å². The van der Waals surface area contributed by atoms with Gasteiger partial charge in [-0.1, -0.05) is 0 Å². The molecule has 0 amide bonds. The summed E-state index contributed by atoms with van der Waals surface area (Å²) in [6, 6.07) is 0. The fourth-order valence-corrected chi connectivity index (χ4v) is 0.998. The largest absolute Gasteiger partial charge is 0.315 e. The summed E-state index contributed by atoms with van der Waals surface area (Å²) in [6.45, 7) is 10.5. The first-order valence-corrected chi connectivity index (χ1v) is 5.20. The van der Waals surface area contributed by atoms with Crippen LogP contribution in [0.3, 0.4) is 0 Å². The van der Waals surface area contributed by atoms with Gasteiger partial charge in [-0.2, -0.15) is 0 Å². The summed E-state index contributed by atoms with van der Waals surface area (Å²) in [5.74, 6) is 0. The van der Waals surface area contributed by atoms with Gasteiger partial charge in [0.2, 0.25) is 0 Å². The highest BCUT2D eigenvalue weighted by molar-refractivity contribution is 4.56. The molecule has 0 heterocycles. The van der Waals surface area contributed by atoms with E-state index in [0.717, 1.165) is 45.8 Å². The zero-order valence-electron chi connectivity index (χ0n) is 9.31. The van der Waals surface area contributed by atoms with Gasteiger partial charge in [-0.3, -0.25) is 0 Å². The molecule has 0 aliphatic carbocycles. The molecule has 3 N–H and O–H groups in total. The minimum Gasteiger partial charge on any atom is -0.315 e. The Balaban J connectivity index is 2.85. The molecule has 0 unspecified atom stereocenters. The van der Waals surface area contributed by atoms with Crippen LogP contribution in [0.5, 0.6) is 0 Å². The summed E-state index contributed by atoms with van der Waals surface area (Å²) < 4.78 is 0. The topological polar surface area (TPSA) is 39.3 Å². The number of nitrogens with one attached hydrogen (secondary N) is 3. The van der Waals surface area contributed by atoms with Crippen LogP contribution >= 0.6 is 0 Å². The van der Waals surface area contributed by atoms with E-state index in [-0.39, 0.29) is 0 Å². The van der Waals surface area contributed by atoms with Gasteiger partial charge in [-0.15, -0.1) is 0 Å². The van der Waals surface area contributed by atoms with Gasteiger partial charge in [0.05, 0.1) is 0 Å².